The van der Waals surface area contributed by atoms with Crippen molar-refractivity contribution >= 4 is 40.9 Å². The lowest BCUT2D eigenvalue weighted by Gasteiger charge is -2.11. The summed E-state index contributed by atoms with van der Waals surface area (Å²) in [7, 11) is 1.48. The van der Waals surface area contributed by atoms with E-state index in [0.717, 1.165) is 0 Å². The first-order valence-corrected chi connectivity index (χ1v) is 10.1. The summed E-state index contributed by atoms with van der Waals surface area (Å²) in [6, 6.07) is 11.7. The van der Waals surface area contributed by atoms with E-state index in [9.17, 15) is 9.59 Å². The first-order valence-electron chi connectivity index (χ1n) is 8.78. The van der Waals surface area contributed by atoms with Crippen molar-refractivity contribution < 1.29 is 23.6 Å². The van der Waals surface area contributed by atoms with Gasteiger partial charge in [-0.05, 0) is 37.3 Å². The molecule has 3 aromatic rings. The van der Waals surface area contributed by atoms with E-state index in [1.807, 2.05) is 0 Å². The summed E-state index contributed by atoms with van der Waals surface area (Å²) in [4.78, 5) is 29.5. The molecule has 0 bridgehead atoms. The zero-order valence-corrected chi connectivity index (χ0v) is 17.7. The molecule has 1 heterocycles. The molecule has 0 saturated carbocycles. The first kappa shape index (κ1) is 21.7. The summed E-state index contributed by atoms with van der Waals surface area (Å²) in [5, 5.41) is 6.78. The number of amides is 1. The maximum atomic E-state index is 12.5. The van der Waals surface area contributed by atoms with E-state index in [-0.39, 0.29) is 0 Å². The molecule has 3 rings (SSSR count). The Morgan fingerprint density at radius 1 is 1.23 bits per heavy atom. The number of rotatable bonds is 8. The topological polar surface area (TPSA) is 104 Å². The predicted octanol–water partition coefficient (Wildman–Crippen LogP) is 4.13. The quantitative estimate of drug-likeness (QED) is 0.406. The fraction of sp³-hybridized carbons (Fsp3) is 0.200. The van der Waals surface area contributed by atoms with Crippen LogP contribution in [-0.2, 0) is 15.3 Å². The lowest BCUT2D eigenvalue weighted by atomic mass is 10.2. The number of ether oxygens (including phenoxy) is 2. The zero-order valence-electron chi connectivity index (χ0n) is 16.2. The highest BCUT2D eigenvalue weighted by Crippen LogP contribution is 2.28. The minimum absolute atomic E-state index is 0.340. The van der Waals surface area contributed by atoms with Gasteiger partial charge in [0.25, 0.3) is 5.91 Å². The van der Waals surface area contributed by atoms with Gasteiger partial charge in [-0.3, -0.25) is 4.79 Å². The molecule has 0 atom stereocenters. The summed E-state index contributed by atoms with van der Waals surface area (Å²) in [6.07, 6.45) is 0. The van der Waals surface area contributed by atoms with Gasteiger partial charge in [0.2, 0.25) is 5.89 Å². The minimum atomic E-state index is -0.618. The normalized spacial score (nSPS) is 10.5. The van der Waals surface area contributed by atoms with Crippen LogP contribution >= 0.6 is 23.4 Å². The van der Waals surface area contributed by atoms with Crippen molar-refractivity contribution in [1.82, 2.24) is 10.1 Å². The average molecular weight is 448 g/mol. The van der Waals surface area contributed by atoms with Crippen molar-refractivity contribution in [3.63, 3.8) is 0 Å². The van der Waals surface area contributed by atoms with Crippen molar-refractivity contribution in [2.45, 2.75) is 17.6 Å². The maximum absolute atomic E-state index is 12.5. The number of methoxy groups -OCH3 is 1. The molecule has 2 aromatic carbocycles. The van der Waals surface area contributed by atoms with E-state index in [0.29, 0.717) is 44.4 Å². The van der Waals surface area contributed by atoms with Gasteiger partial charge in [-0.25, -0.2) is 4.79 Å². The van der Waals surface area contributed by atoms with Crippen molar-refractivity contribution in [2.24, 2.45) is 0 Å². The summed E-state index contributed by atoms with van der Waals surface area (Å²) < 4.78 is 15.4. The lowest BCUT2D eigenvalue weighted by Crippen LogP contribution is -2.21. The summed E-state index contributed by atoms with van der Waals surface area (Å²) in [5.41, 5.74) is 0.726. The molecular weight excluding hydrogens is 430 g/mol. The minimum Gasteiger partial charge on any atom is -0.495 e. The number of aryl methyl sites for hydroxylation is 1. The Labute approximate surface area is 181 Å². The Morgan fingerprint density at radius 2 is 2.03 bits per heavy atom. The second-order valence-electron chi connectivity index (χ2n) is 5.99. The van der Waals surface area contributed by atoms with Crippen molar-refractivity contribution in [1.29, 1.82) is 0 Å². The number of hydrogen-bond donors (Lipinski definition) is 1. The fourth-order valence-electron chi connectivity index (χ4n) is 2.47. The molecule has 0 aliphatic rings. The average Bonchev–Trinajstić information content (AvgIpc) is 3.16. The number of nitrogens with zero attached hydrogens (tertiary/aromatic N) is 2. The van der Waals surface area contributed by atoms with Crippen LogP contribution in [0, 0.1) is 6.92 Å². The van der Waals surface area contributed by atoms with Gasteiger partial charge in [-0.2, -0.15) is 4.98 Å². The van der Waals surface area contributed by atoms with Gasteiger partial charge >= 0.3 is 5.97 Å². The molecule has 0 saturated heterocycles. The van der Waals surface area contributed by atoms with Gasteiger partial charge in [0, 0.05) is 9.92 Å². The smallest absolute Gasteiger partial charge is 0.339 e. The van der Waals surface area contributed by atoms with Gasteiger partial charge in [-0.1, -0.05) is 28.9 Å². The van der Waals surface area contributed by atoms with Gasteiger partial charge in [0.05, 0.1) is 24.1 Å². The third-order valence-corrected chi connectivity index (χ3v) is 5.09. The van der Waals surface area contributed by atoms with Crippen molar-refractivity contribution in [3.8, 4) is 5.75 Å². The largest absolute Gasteiger partial charge is 0.495 e. The van der Waals surface area contributed by atoms with E-state index in [4.69, 9.17) is 25.6 Å². The van der Waals surface area contributed by atoms with Crippen LogP contribution in [0.2, 0.25) is 5.02 Å². The Bertz CT molecular complexity index is 1060. The molecule has 0 aliphatic heterocycles. The molecule has 156 valence electrons. The summed E-state index contributed by atoms with van der Waals surface area (Å²) in [5.74, 6) is 0.705. The zero-order chi connectivity index (χ0) is 21.5. The highest BCUT2D eigenvalue weighted by atomic mass is 35.5. The van der Waals surface area contributed by atoms with Gasteiger partial charge in [0.15, 0.2) is 12.4 Å². The number of halogens is 1. The second-order valence-corrected chi connectivity index (χ2v) is 7.44. The molecular formula is C20H18ClN3O5S. The van der Waals surface area contributed by atoms with E-state index < -0.39 is 18.5 Å². The number of benzene rings is 2. The van der Waals surface area contributed by atoms with Crippen molar-refractivity contribution in [2.75, 3.05) is 19.0 Å². The number of carbonyl (C=O) groups is 2. The molecule has 0 spiro atoms. The Kier molecular flexibility index (Phi) is 7.31. The highest BCUT2D eigenvalue weighted by Gasteiger charge is 2.16. The maximum Gasteiger partial charge on any atom is 0.339 e. The molecule has 8 nitrogen and oxygen atoms in total. The van der Waals surface area contributed by atoms with E-state index in [1.54, 1.807) is 49.4 Å². The Morgan fingerprint density at radius 3 is 2.77 bits per heavy atom. The van der Waals surface area contributed by atoms with Crippen LogP contribution in [0.4, 0.5) is 5.69 Å². The fourth-order valence-corrected chi connectivity index (χ4v) is 3.52. The van der Waals surface area contributed by atoms with Gasteiger partial charge in [0.1, 0.15) is 5.75 Å². The molecule has 1 N–H and O–H groups in total. The summed E-state index contributed by atoms with van der Waals surface area (Å²) >= 11 is 7.30. The number of hydrogen-bond acceptors (Lipinski definition) is 8. The Hall–Kier alpha value is -3.04. The number of esters is 1. The van der Waals surface area contributed by atoms with Crippen LogP contribution in [0.5, 0.6) is 5.75 Å². The van der Waals surface area contributed by atoms with E-state index in [1.165, 1.54) is 18.9 Å². The van der Waals surface area contributed by atoms with Gasteiger partial charge < -0.3 is 19.3 Å². The third-order valence-electron chi connectivity index (χ3n) is 3.80. The number of thioether (sulfide) groups is 1. The molecule has 10 heteroatoms. The second kappa shape index (κ2) is 10.1. The molecule has 0 radical (unpaired) electrons. The highest BCUT2D eigenvalue weighted by molar-refractivity contribution is 7.98. The molecule has 30 heavy (non-hydrogen) atoms. The standard InChI is InChI=1S/C20H18ClN3O5S/c1-12-22-19(29-24-12)11-30-17-6-4-3-5-14(17)20(26)28-10-18(25)23-15-9-13(21)7-8-16(15)27-2/h3-9H,10-11H2,1-2H3,(H,23,25). The lowest BCUT2D eigenvalue weighted by molar-refractivity contribution is -0.119. The number of carbonyl (C=O) groups excluding carboxylic acids is 2. The number of nitrogens with one attached hydrogen (secondary N) is 1. The summed E-state index contributed by atoms with van der Waals surface area (Å²) in [6.45, 7) is 1.27. The van der Waals surface area contributed by atoms with Crippen LogP contribution in [0.15, 0.2) is 51.9 Å². The van der Waals surface area contributed by atoms with Crippen LogP contribution in [0.3, 0.4) is 0 Å². The SMILES string of the molecule is COc1ccc(Cl)cc1NC(=O)COC(=O)c1ccccc1SCc1nc(C)no1. The predicted molar refractivity (Wildman–Crippen MR) is 112 cm³/mol. The third kappa shape index (κ3) is 5.74. The van der Waals surface area contributed by atoms with Crippen molar-refractivity contribution in [3.05, 3.63) is 64.8 Å². The van der Waals surface area contributed by atoms with E-state index >= 15 is 0 Å². The molecule has 0 fully saturated rings. The molecule has 0 unspecified atom stereocenters. The monoisotopic (exact) mass is 447 g/mol. The van der Waals surface area contributed by atoms with Crippen LogP contribution < -0.4 is 10.1 Å². The van der Waals surface area contributed by atoms with E-state index in [2.05, 4.69) is 15.5 Å². The van der Waals surface area contributed by atoms with Crippen LogP contribution in [0.25, 0.3) is 0 Å². The van der Waals surface area contributed by atoms with Crippen LogP contribution in [-0.4, -0.2) is 35.7 Å². The number of aromatic nitrogens is 2. The van der Waals surface area contributed by atoms with Crippen LogP contribution in [0.1, 0.15) is 22.1 Å². The first-order chi connectivity index (χ1) is 14.5. The number of anilines is 1. The Balaban J connectivity index is 1.59. The van der Waals surface area contributed by atoms with Gasteiger partial charge in [-0.15, -0.1) is 11.8 Å². The molecule has 1 amide bonds. The molecule has 1 aromatic heterocycles. The molecule has 0 aliphatic carbocycles.